The molecule has 152 valence electrons. The number of imide groups is 1. The lowest BCUT2D eigenvalue weighted by Crippen LogP contribution is -2.44. The molecule has 5 nitrogen and oxygen atoms in total. The van der Waals surface area contributed by atoms with Crippen LogP contribution in [-0.2, 0) is 9.59 Å². The topological polar surface area (TPSA) is 43.9 Å². The molecule has 0 N–H and O–H groups in total. The molecule has 3 rings (SSSR count). The van der Waals surface area contributed by atoms with Gasteiger partial charge in [0, 0.05) is 19.6 Å². The van der Waals surface area contributed by atoms with Crippen molar-refractivity contribution in [1.29, 1.82) is 0 Å². The van der Waals surface area contributed by atoms with Gasteiger partial charge < -0.3 is 9.80 Å². The molecule has 0 aliphatic carbocycles. The summed E-state index contributed by atoms with van der Waals surface area (Å²) in [5, 5.41) is 0. The smallest absolute Gasteiger partial charge is 0.277 e. The van der Waals surface area contributed by atoms with Crippen LogP contribution in [0.4, 0.5) is 0 Å². The summed E-state index contributed by atoms with van der Waals surface area (Å²) in [6.07, 6.45) is 2.00. The molecule has 1 aromatic carbocycles. The van der Waals surface area contributed by atoms with Crippen molar-refractivity contribution in [2.24, 2.45) is 5.92 Å². The maximum Gasteiger partial charge on any atom is 0.277 e. The van der Waals surface area contributed by atoms with Gasteiger partial charge in [-0.15, -0.1) is 0 Å². The molecule has 0 spiro atoms. The van der Waals surface area contributed by atoms with E-state index in [1.807, 2.05) is 46.9 Å². The van der Waals surface area contributed by atoms with Crippen LogP contribution < -0.4 is 0 Å². The summed E-state index contributed by atoms with van der Waals surface area (Å²) < 4.78 is 0. The van der Waals surface area contributed by atoms with E-state index in [-0.39, 0.29) is 23.8 Å². The molecule has 0 aromatic heterocycles. The molecule has 28 heavy (non-hydrogen) atoms. The van der Waals surface area contributed by atoms with Crippen LogP contribution >= 0.6 is 0 Å². The number of rotatable bonds is 5. The number of likely N-dealkylation sites (N-methyl/N-ethyl adjacent to an activating group) is 1. The van der Waals surface area contributed by atoms with Gasteiger partial charge in [0.05, 0.1) is 5.57 Å². The van der Waals surface area contributed by atoms with Crippen molar-refractivity contribution in [3.8, 4) is 0 Å². The van der Waals surface area contributed by atoms with E-state index in [4.69, 9.17) is 0 Å². The zero-order chi connectivity index (χ0) is 20.6. The van der Waals surface area contributed by atoms with Crippen molar-refractivity contribution >= 4 is 17.4 Å². The molecule has 2 aliphatic rings. The molecule has 1 saturated heterocycles. The summed E-state index contributed by atoms with van der Waals surface area (Å²) in [4.78, 5) is 32.6. The average Bonchev–Trinajstić information content (AvgIpc) is 2.86. The summed E-state index contributed by atoms with van der Waals surface area (Å²) >= 11 is 0. The first-order chi connectivity index (χ1) is 13.2. The summed E-state index contributed by atoms with van der Waals surface area (Å²) in [5.74, 6) is -0.0585. The fourth-order valence-corrected chi connectivity index (χ4v) is 4.32. The number of carbonyl (C=O) groups is 2. The van der Waals surface area contributed by atoms with Gasteiger partial charge in [0.15, 0.2) is 0 Å². The highest BCUT2D eigenvalue weighted by Crippen LogP contribution is 2.35. The second-order valence-electron chi connectivity index (χ2n) is 8.80. The Hall–Kier alpha value is -2.14. The minimum absolute atomic E-state index is 0.143. The van der Waals surface area contributed by atoms with E-state index in [1.54, 1.807) is 0 Å². The van der Waals surface area contributed by atoms with Crippen molar-refractivity contribution in [2.75, 3.05) is 33.7 Å². The fourth-order valence-electron chi connectivity index (χ4n) is 4.32. The summed E-state index contributed by atoms with van der Waals surface area (Å²) in [6, 6.07) is 6.37. The van der Waals surface area contributed by atoms with Crippen LogP contribution in [0.2, 0.25) is 0 Å². The van der Waals surface area contributed by atoms with Crippen molar-refractivity contribution in [3.05, 3.63) is 40.6 Å². The molecule has 2 heterocycles. The lowest BCUT2D eigenvalue weighted by Gasteiger charge is -2.36. The number of hydrogen-bond acceptors (Lipinski definition) is 4. The minimum atomic E-state index is -0.152. The highest BCUT2D eigenvalue weighted by atomic mass is 16.2. The monoisotopic (exact) mass is 383 g/mol. The van der Waals surface area contributed by atoms with E-state index < -0.39 is 0 Å². The van der Waals surface area contributed by atoms with Gasteiger partial charge in [-0.1, -0.05) is 37.6 Å². The van der Waals surface area contributed by atoms with E-state index in [2.05, 4.69) is 22.9 Å². The number of benzene rings is 1. The Morgan fingerprint density at radius 1 is 1.11 bits per heavy atom. The Balaban J connectivity index is 2.06. The van der Waals surface area contributed by atoms with Gasteiger partial charge in [0.1, 0.15) is 5.70 Å². The number of piperidine rings is 1. The average molecular weight is 384 g/mol. The number of likely N-dealkylation sites (tertiary alicyclic amines) is 1. The van der Waals surface area contributed by atoms with Crippen LogP contribution in [0.25, 0.3) is 5.57 Å². The largest absolute Gasteiger partial charge is 0.366 e. The maximum atomic E-state index is 13.4. The number of aryl methyl sites for hydroxylation is 2. The molecular weight excluding hydrogens is 350 g/mol. The van der Waals surface area contributed by atoms with Crippen molar-refractivity contribution in [2.45, 2.75) is 46.6 Å². The zero-order valence-electron chi connectivity index (χ0n) is 18.1. The van der Waals surface area contributed by atoms with Gasteiger partial charge in [0.25, 0.3) is 11.8 Å². The van der Waals surface area contributed by atoms with Crippen molar-refractivity contribution in [1.82, 2.24) is 14.7 Å². The van der Waals surface area contributed by atoms with Gasteiger partial charge in [-0.25, -0.2) is 0 Å². The highest BCUT2D eigenvalue weighted by Gasteiger charge is 2.42. The van der Waals surface area contributed by atoms with Crippen LogP contribution in [-0.4, -0.2) is 66.3 Å². The summed E-state index contributed by atoms with van der Waals surface area (Å²) in [6.45, 7) is 10.6. The quantitative estimate of drug-likeness (QED) is 0.733. The van der Waals surface area contributed by atoms with Gasteiger partial charge >= 0.3 is 0 Å². The van der Waals surface area contributed by atoms with Gasteiger partial charge in [0.2, 0.25) is 0 Å². The first kappa shape index (κ1) is 20.6. The number of nitrogens with zero attached hydrogens (tertiary/aromatic N) is 3. The van der Waals surface area contributed by atoms with Crippen molar-refractivity contribution in [3.63, 3.8) is 0 Å². The maximum absolute atomic E-state index is 13.4. The normalized spacial score (nSPS) is 19.3. The third-order valence-electron chi connectivity index (χ3n) is 5.93. The number of hydrogen-bond donors (Lipinski definition) is 0. The highest BCUT2D eigenvalue weighted by molar-refractivity contribution is 6.35. The molecule has 0 unspecified atom stereocenters. The molecule has 0 bridgehead atoms. The molecule has 5 heteroatoms. The van der Waals surface area contributed by atoms with Crippen LogP contribution in [0, 0.1) is 19.8 Å². The van der Waals surface area contributed by atoms with Gasteiger partial charge in [-0.3, -0.25) is 14.5 Å². The Bertz CT molecular complexity index is 804. The second-order valence-corrected chi connectivity index (χ2v) is 8.80. The Morgan fingerprint density at radius 2 is 1.75 bits per heavy atom. The Labute approximate surface area is 169 Å². The van der Waals surface area contributed by atoms with E-state index in [9.17, 15) is 9.59 Å². The van der Waals surface area contributed by atoms with Crippen LogP contribution in [0.3, 0.4) is 0 Å². The fraction of sp³-hybridized carbons (Fsp3) is 0.565. The van der Waals surface area contributed by atoms with Gasteiger partial charge in [-0.05, 0) is 63.9 Å². The predicted molar refractivity (Wildman–Crippen MR) is 113 cm³/mol. The first-order valence-electron chi connectivity index (χ1n) is 10.3. The van der Waals surface area contributed by atoms with E-state index in [1.165, 1.54) is 4.90 Å². The van der Waals surface area contributed by atoms with Crippen LogP contribution in [0.5, 0.6) is 0 Å². The minimum Gasteiger partial charge on any atom is -0.366 e. The third kappa shape index (κ3) is 3.86. The molecule has 2 amide bonds. The molecule has 1 aromatic rings. The van der Waals surface area contributed by atoms with Crippen molar-refractivity contribution < 1.29 is 9.59 Å². The molecule has 0 saturated carbocycles. The second kappa shape index (κ2) is 8.08. The first-order valence-corrected chi connectivity index (χ1v) is 10.3. The standard InChI is InChI=1S/C23H33N3O2/c1-15(2)14-26-22(27)20(19-8-7-16(3)13-17(19)4)21(23(26)28)25(6)18-9-11-24(5)12-10-18/h7-8,13,15,18H,9-12,14H2,1-6H3. The van der Waals surface area contributed by atoms with E-state index >= 15 is 0 Å². The molecular formula is C23H33N3O2. The molecule has 2 aliphatic heterocycles. The number of amides is 2. The summed E-state index contributed by atoms with van der Waals surface area (Å²) in [5.41, 5.74) is 4.22. The van der Waals surface area contributed by atoms with E-state index in [0.717, 1.165) is 42.6 Å². The lowest BCUT2D eigenvalue weighted by atomic mass is 9.96. The predicted octanol–water partition coefficient (Wildman–Crippen LogP) is 3.07. The Morgan fingerprint density at radius 3 is 2.32 bits per heavy atom. The molecule has 0 atom stereocenters. The van der Waals surface area contributed by atoms with Crippen LogP contribution in [0.1, 0.15) is 43.4 Å². The lowest BCUT2D eigenvalue weighted by molar-refractivity contribution is -0.138. The van der Waals surface area contributed by atoms with Crippen LogP contribution in [0.15, 0.2) is 23.9 Å². The van der Waals surface area contributed by atoms with E-state index in [0.29, 0.717) is 17.8 Å². The summed E-state index contributed by atoms with van der Waals surface area (Å²) in [7, 11) is 4.12. The molecule has 0 radical (unpaired) electrons. The van der Waals surface area contributed by atoms with Gasteiger partial charge in [-0.2, -0.15) is 0 Å². The SMILES string of the molecule is Cc1ccc(C2=C(N(C)C3CCN(C)CC3)C(=O)N(CC(C)C)C2=O)c(C)c1. The third-order valence-corrected chi connectivity index (χ3v) is 5.93. The zero-order valence-corrected chi connectivity index (χ0v) is 18.1. The Kier molecular flexibility index (Phi) is 5.94. The molecule has 1 fully saturated rings. The number of carbonyl (C=O) groups excluding carboxylic acids is 2.